The van der Waals surface area contributed by atoms with Gasteiger partial charge in [-0.15, -0.1) is 11.3 Å². The van der Waals surface area contributed by atoms with E-state index in [-0.39, 0.29) is 11.9 Å². The lowest BCUT2D eigenvalue weighted by atomic mass is 10.2. The smallest absolute Gasteiger partial charge is 0.244 e. The highest BCUT2D eigenvalue weighted by molar-refractivity contribution is 7.09. The quantitative estimate of drug-likeness (QED) is 0.852. The van der Waals surface area contributed by atoms with Crippen molar-refractivity contribution < 1.29 is 9.21 Å². The van der Waals surface area contributed by atoms with E-state index in [1.165, 1.54) is 6.08 Å². The highest BCUT2D eigenvalue weighted by atomic mass is 32.1. The maximum absolute atomic E-state index is 11.8. The third kappa shape index (κ3) is 3.79. The van der Waals surface area contributed by atoms with Crippen LogP contribution in [0.5, 0.6) is 0 Å². The fourth-order valence-corrected chi connectivity index (χ4v) is 2.56. The molecule has 0 aliphatic heterocycles. The zero-order chi connectivity index (χ0) is 13.7. The van der Waals surface area contributed by atoms with Crippen LogP contribution < -0.4 is 5.32 Å². The molecule has 1 amide bonds. The number of thiazole rings is 1. The van der Waals surface area contributed by atoms with Crippen molar-refractivity contribution in [3.63, 3.8) is 0 Å². The molecule has 0 fully saturated rings. The zero-order valence-corrected chi connectivity index (χ0v) is 11.7. The molecule has 2 heterocycles. The first-order valence-electron chi connectivity index (χ1n) is 6.13. The van der Waals surface area contributed by atoms with Crippen molar-refractivity contribution in [2.75, 3.05) is 0 Å². The van der Waals surface area contributed by atoms with Gasteiger partial charge in [0.1, 0.15) is 10.8 Å². The van der Waals surface area contributed by atoms with Crippen molar-refractivity contribution in [3.8, 4) is 0 Å². The predicted molar refractivity (Wildman–Crippen MR) is 75.8 cm³/mol. The minimum atomic E-state index is -0.142. The maximum Gasteiger partial charge on any atom is 0.244 e. The number of hydrogen-bond acceptors (Lipinski definition) is 4. The van der Waals surface area contributed by atoms with E-state index in [1.807, 2.05) is 19.2 Å². The molecular formula is C14H16N2O2S. The van der Waals surface area contributed by atoms with E-state index in [2.05, 4.69) is 10.3 Å². The Labute approximate surface area is 116 Å². The number of carbonyl (C=O) groups excluding carboxylic acids is 1. The summed E-state index contributed by atoms with van der Waals surface area (Å²) in [6, 6.07) is 3.54. The van der Waals surface area contributed by atoms with Gasteiger partial charge in [0.2, 0.25) is 5.91 Å². The van der Waals surface area contributed by atoms with Crippen LogP contribution in [0.1, 0.15) is 35.8 Å². The fraction of sp³-hybridized carbons (Fsp3) is 0.286. The van der Waals surface area contributed by atoms with E-state index in [9.17, 15) is 4.79 Å². The molecule has 0 aromatic carbocycles. The van der Waals surface area contributed by atoms with Crippen molar-refractivity contribution >= 4 is 23.3 Å². The van der Waals surface area contributed by atoms with Crippen LogP contribution in [-0.2, 0) is 4.79 Å². The Morgan fingerprint density at radius 2 is 2.47 bits per heavy atom. The van der Waals surface area contributed by atoms with Gasteiger partial charge in [-0.25, -0.2) is 4.98 Å². The number of carbonyl (C=O) groups is 1. The summed E-state index contributed by atoms with van der Waals surface area (Å²) in [7, 11) is 0. The summed E-state index contributed by atoms with van der Waals surface area (Å²) < 4.78 is 5.13. The highest BCUT2D eigenvalue weighted by Crippen LogP contribution is 2.20. The molecule has 1 N–H and O–H groups in total. The standard InChI is InChI=1S/C14H16N2O2S/c1-3-12(14-15-10(2)9-19-14)16-13(17)7-6-11-5-4-8-18-11/h4-9,12H,3H2,1-2H3,(H,16,17)/b7-6+. The molecule has 1 unspecified atom stereocenters. The van der Waals surface area contributed by atoms with Gasteiger partial charge in [0.05, 0.1) is 12.3 Å². The molecule has 2 aromatic rings. The molecule has 2 aromatic heterocycles. The molecule has 0 spiro atoms. The van der Waals surface area contributed by atoms with Gasteiger partial charge in [0, 0.05) is 17.2 Å². The number of nitrogens with zero attached hydrogens (tertiary/aromatic N) is 1. The summed E-state index contributed by atoms with van der Waals surface area (Å²) in [6.07, 6.45) is 5.51. The number of rotatable bonds is 5. The Hall–Kier alpha value is -1.88. The Morgan fingerprint density at radius 3 is 3.05 bits per heavy atom. The van der Waals surface area contributed by atoms with Gasteiger partial charge in [-0.2, -0.15) is 0 Å². The average molecular weight is 276 g/mol. The third-order valence-corrected chi connectivity index (χ3v) is 3.68. The summed E-state index contributed by atoms with van der Waals surface area (Å²) in [5.74, 6) is 0.518. The molecule has 1 atom stereocenters. The van der Waals surface area contributed by atoms with E-state index >= 15 is 0 Å². The molecule has 0 bridgehead atoms. The van der Waals surface area contributed by atoms with E-state index in [0.29, 0.717) is 5.76 Å². The number of hydrogen-bond donors (Lipinski definition) is 1. The summed E-state index contributed by atoms with van der Waals surface area (Å²) in [5, 5.41) is 5.87. The Bertz CT molecular complexity index is 558. The molecule has 0 aliphatic rings. The molecule has 5 heteroatoms. The summed E-state index contributed by atoms with van der Waals surface area (Å²) in [6.45, 7) is 3.98. The van der Waals surface area contributed by atoms with Gasteiger partial charge in [-0.1, -0.05) is 6.92 Å². The minimum Gasteiger partial charge on any atom is -0.465 e. The maximum atomic E-state index is 11.8. The number of furan rings is 1. The Balaban J connectivity index is 1.97. The highest BCUT2D eigenvalue weighted by Gasteiger charge is 2.14. The lowest BCUT2D eigenvalue weighted by molar-refractivity contribution is -0.117. The lowest BCUT2D eigenvalue weighted by Crippen LogP contribution is -2.26. The summed E-state index contributed by atoms with van der Waals surface area (Å²) >= 11 is 1.57. The summed E-state index contributed by atoms with van der Waals surface area (Å²) in [5.41, 5.74) is 0.985. The largest absolute Gasteiger partial charge is 0.465 e. The second kappa shape index (κ2) is 6.33. The number of amides is 1. The number of nitrogens with one attached hydrogen (secondary N) is 1. The molecule has 0 saturated heterocycles. The summed E-state index contributed by atoms with van der Waals surface area (Å²) in [4.78, 5) is 16.2. The molecule has 0 aliphatic carbocycles. The molecule has 100 valence electrons. The Morgan fingerprint density at radius 1 is 1.63 bits per heavy atom. The molecule has 19 heavy (non-hydrogen) atoms. The second-order valence-corrected chi connectivity index (χ2v) is 5.03. The fourth-order valence-electron chi connectivity index (χ4n) is 1.63. The van der Waals surface area contributed by atoms with E-state index in [4.69, 9.17) is 4.42 Å². The van der Waals surface area contributed by atoms with Gasteiger partial charge in [-0.05, 0) is 31.6 Å². The van der Waals surface area contributed by atoms with Gasteiger partial charge >= 0.3 is 0 Å². The Kier molecular flexibility index (Phi) is 4.52. The lowest BCUT2D eigenvalue weighted by Gasteiger charge is -2.12. The number of aromatic nitrogens is 1. The molecular weight excluding hydrogens is 260 g/mol. The molecule has 0 saturated carbocycles. The van der Waals surface area contributed by atoms with Crippen LogP contribution in [0.4, 0.5) is 0 Å². The monoisotopic (exact) mass is 276 g/mol. The zero-order valence-electron chi connectivity index (χ0n) is 10.9. The van der Waals surface area contributed by atoms with E-state index in [1.54, 1.807) is 35.8 Å². The third-order valence-electron chi connectivity index (χ3n) is 2.60. The minimum absolute atomic E-state index is 0.0348. The van der Waals surface area contributed by atoms with Gasteiger partial charge in [-0.3, -0.25) is 4.79 Å². The average Bonchev–Trinajstić information content (AvgIpc) is 3.04. The first-order chi connectivity index (χ1) is 9.19. The van der Waals surface area contributed by atoms with Crippen LogP contribution >= 0.6 is 11.3 Å². The molecule has 4 nitrogen and oxygen atoms in total. The normalized spacial score (nSPS) is 12.7. The van der Waals surface area contributed by atoms with Crippen molar-refractivity contribution in [2.24, 2.45) is 0 Å². The van der Waals surface area contributed by atoms with Crippen LogP contribution in [0.3, 0.4) is 0 Å². The first-order valence-corrected chi connectivity index (χ1v) is 7.01. The van der Waals surface area contributed by atoms with Crippen LogP contribution in [0.25, 0.3) is 6.08 Å². The van der Waals surface area contributed by atoms with Crippen molar-refractivity contribution in [3.05, 3.63) is 46.3 Å². The topological polar surface area (TPSA) is 55.1 Å². The van der Waals surface area contributed by atoms with Crippen LogP contribution in [0.2, 0.25) is 0 Å². The second-order valence-electron chi connectivity index (χ2n) is 4.15. The van der Waals surface area contributed by atoms with Crippen LogP contribution in [0.15, 0.2) is 34.3 Å². The van der Waals surface area contributed by atoms with Gasteiger partial charge in [0.25, 0.3) is 0 Å². The number of aryl methyl sites for hydroxylation is 1. The van der Waals surface area contributed by atoms with Crippen molar-refractivity contribution in [2.45, 2.75) is 26.3 Å². The molecule has 0 radical (unpaired) electrons. The van der Waals surface area contributed by atoms with E-state index < -0.39 is 0 Å². The predicted octanol–water partition coefficient (Wildman–Crippen LogP) is 3.33. The van der Waals surface area contributed by atoms with Gasteiger partial charge in [0.15, 0.2) is 0 Å². The van der Waals surface area contributed by atoms with E-state index in [0.717, 1.165) is 17.1 Å². The van der Waals surface area contributed by atoms with Gasteiger partial charge < -0.3 is 9.73 Å². The van der Waals surface area contributed by atoms with Crippen molar-refractivity contribution in [1.29, 1.82) is 0 Å². The molecule has 2 rings (SSSR count). The van der Waals surface area contributed by atoms with Crippen LogP contribution in [0, 0.1) is 6.92 Å². The van der Waals surface area contributed by atoms with Crippen molar-refractivity contribution in [1.82, 2.24) is 10.3 Å². The van der Waals surface area contributed by atoms with Crippen LogP contribution in [-0.4, -0.2) is 10.9 Å². The SMILES string of the molecule is CCC(NC(=O)/C=C/c1ccco1)c1nc(C)cs1. The first kappa shape index (κ1) is 13.5.